The van der Waals surface area contributed by atoms with E-state index in [4.69, 9.17) is 4.74 Å². The Kier molecular flexibility index (Phi) is 6.62. The lowest BCUT2D eigenvalue weighted by atomic mass is 10.1. The zero-order chi connectivity index (χ0) is 22.6. The number of aromatic amines is 1. The summed E-state index contributed by atoms with van der Waals surface area (Å²) >= 11 is 0. The van der Waals surface area contributed by atoms with Gasteiger partial charge in [0.2, 0.25) is 0 Å². The van der Waals surface area contributed by atoms with Crippen LogP contribution in [-0.2, 0) is 4.74 Å². The van der Waals surface area contributed by atoms with Crippen molar-refractivity contribution in [1.29, 1.82) is 0 Å². The number of anilines is 1. The first kappa shape index (κ1) is 22.3. The third-order valence-electron chi connectivity index (χ3n) is 4.96. The van der Waals surface area contributed by atoms with Gasteiger partial charge < -0.3 is 9.64 Å². The highest BCUT2D eigenvalue weighted by Crippen LogP contribution is 2.22. The first-order valence-corrected chi connectivity index (χ1v) is 10.3. The van der Waals surface area contributed by atoms with Crippen molar-refractivity contribution in [1.82, 2.24) is 14.5 Å². The van der Waals surface area contributed by atoms with Crippen molar-refractivity contribution < 1.29 is 9.53 Å². The van der Waals surface area contributed by atoms with Gasteiger partial charge in [-0.3, -0.25) is 19.4 Å². The number of H-pyrrole nitrogens is 1. The van der Waals surface area contributed by atoms with Gasteiger partial charge in [0.25, 0.3) is 5.56 Å². The van der Waals surface area contributed by atoms with E-state index < -0.39 is 16.9 Å². The summed E-state index contributed by atoms with van der Waals surface area (Å²) in [5, 5.41) is 5.73. The molecule has 2 heterocycles. The molecule has 31 heavy (non-hydrogen) atoms. The Balaban J connectivity index is 1.69. The molecule has 9 nitrogen and oxygen atoms in total. The van der Waals surface area contributed by atoms with Crippen molar-refractivity contribution in [3.05, 3.63) is 62.8 Å². The van der Waals surface area contributed by atoms with Gasteiger partial charge in [-0.05, 0) is 39.2 Å². The van der Waals surface area contributed by atoms with Gasteiger partial charge in [0, 0.05) is 32.2 Å². The summed E-state index contributed by atoms with van der Waals surface area (Å²) in [4.78, 5) is 41.9. The number of hydrogen-bond acceptors (Lipinski definition) is 6. The number of carbonyl (C=O) groups is 1. The molecule has 2 aromatic rings. The molecule has 3 rings (SSSR count). The quantitative estimate of drug-likeness (QED) is 0.597. The van der Waals surface area contributed by atoms with Gasteiger partial charge in [-0.15, -0.1) is 0 Å². The fraction of sp³-hybridized carbons (Fsp3) is 0.455. The highest BCUT2D eigenvalue weighted by atomic mass is 16.6. The number of benzene rings is 1. The Morgan fingerprint density at radius 3 is 2.42 bits per heavy atom. The Morgan fingerprint density at radius 2 is 1.84 bits per heavy atom. The molecule has 0 saturated carbocycles. The smallest absolute Gasteiger partial charge is 0.410 e. The standard InChI is InChI=1S/C22H29N5O4/c1-22(2,3)31-21(30)26-12-10-17(11-13-26)27-19(28)14-18(24-20(27)29)25(4)23-15-16-8-6-5-7-9-16/h5-9,14-15,17H,10-13H2,1-4H3,(H,24,29). The maximum Gasteiger partial charge on any atom is 0.410 e. The molecule has 0 atom stereocenters. The van der Waals surface area contributed by atoms with Gasteiger partial charge >= 0.3 is 11.8 Å². The van der Waals surface area contributed by atoms with Crippen LogP contribution in [0, 0.1) is 0 Å². The Bertz CT molecular complexity index is 1010. The maximum atomic E-state index is 12.7. The number of amides is 1. The van der Waals surface area contributed by atoms with Crippen LogP contribution in [0.25, 0.3) is 0 Å². The minimum Gasteiger partial charge on any atom is -0.444 e. The molecule has 1 aromatic heterocycles. The Labute approximate surface area is 180 Å². The SMILES string of the molecule is CN(N=Cc1ccccc1)c1cc(=O)n(C2CCN(C(=O)OC(C)(C)C)CC2)c(=O)[nH]1. The van der Waals surface area contributed by atoms with Crippen LogP contribution in [0.1, 0.15) is 45.2 Å². The van der Waals surface area contributed by atoms with Gasteiger partial charge in [0.05, 0.1) is 6.21 Å². The summed E-state index contributed by atoms with van der Waals surface area (Å²) in [6, 6.07) is 10.6. The van der Waals surface area contributed by atoms with E-state index >= 15 is 0 Å². The molecule has 0 aliphatic carbocycles. The zero-order valence-electron chi connectivity index (χ0n) is 18.4. The lowest BCUT2D eigenvalue weighted by Gasteiger charge is -2.33. The van der Waals surface area contributed by atoms with Crippen LogP contribution in [0.15, 0.2) is 51.1 Å². The van der Waals surface area contributed by atoms with Crippen molar-refractivity contribution >= 4 is 18.1 Å². The van der Waals surface area contributed by atoms with E-state index in [0.717, 1.165) is 5.56 Å². The van der Waals surface area contributed by atoms with Gasteiger partial charge in [-0.25, -0.2) is 9.59 Å². The second kappa shape index (κ2) is 9.20. The number of ether oxygens (including phenoxy) is 1. The summed E-state index contributed by atoms with van der Waals surface area (Å²) in [6.07, 6.45) is 2.28. The van der Waals surface area contributed by atoms with Crippen molar-refractivity contribution in [2.75, 3.05) is 25.1 Å². The van der Waals surface area contributed by atoms with E-state index in [9.17, 15) is 14.4 Å². The normalized spacial score (nSPS) is 15.3. The van der Waals surface area contributed by atoms with Crippen LogP contribution >= 0.6 is 0 Å². The molecule has 1 aliphatic rings. The average Bonchev–Trinajstić information content (AvgIpc) is 2.71. The lowest BCUT2D eigenvalue weighted by molar-refractivity contribution is 0.0186. The highest BCUT2D eigenvalue weighted by molar-refractivity contribution is 5.80. The van der Waals surface area contributed by atoms with Gasteiger partial charge in [-0.1, -0.05) is 30.3 Å². The Hall–Kier alpha value is -3.36. The molecule has 1 N–H and O–H groups in total. The molecule has 0 radical (unpaired) electrons. The van der Waals surface area contributed by atoms with Gasteiger partial charge in [0.1, 0.15) is 11.4 Å². The molecule has 1 saturated heterocycles. The number of nitrogens with zero attached hydrogens (tertiary/aromatic N) is 4. The lowest BCUT2D eigenvalue weighted by Crippen LogP contribution is -2.46. The largest absolute Gasteiger partial charge is 0.444 e. The van der Waals surface area contributed by atoms with Crippen molar-refractivity contribution in [3.8, 4) is 0 Å². The topological polar surface area (TPSA) is 100 Å². The second-order valence-corrected chi connectivity index (χ2v) is 8.55. The third-order valence-corrected chi connectivity index (χ3v) is 4.96. The second-order valence-electron chi connectivity index (χ2n) is 8.55. The van der Waals surface area contributed by atoms with Crippen LogP contribution in [0.4, 0.5) is 10.6 Å². The minimum atomic E-state index is -0.563. The van der Waals surface area contributed by atoms with Crippen molar-refractivity contribution in [3.63, 3.8) is 0 Å². The number of piperidine rings is 1. The predicted molar refractivity (Wildman–Crippen MR) is 120 cm³/mol. The van der Waals surface area contributed by atoms with E-state index in [1.807, 2.05) is 51.1 Å². The van der Waals surface area contributed by atoms with Crippen molar-refractivity contribution in [2.45, 2.75) is 45.3 Å². The van der Waals surface area contributed by atoms with Gasteiger partial charge in [0.15, 0.2) is 0 Å². The summed E-state index contributed by atoms with van der Waals surface area (Å²) < 4.78 is 6.62. The maximum absolute atomic E-state index is 12.7. The van der Waals surface area contributed by atoms with Crippen LogP contribution in [-0.4, -0.2) is 52.5 Å². The molecule has 1 aliphatic heterocycles. The van der Waals surface area contributed by atoms with Crippen LogP contribution < -0.4 is 16.3 Å². The molecular formula is C22H29N5O4. The summed E-state index contributed by atoms with van der Waals surface area (Å²) in [5.41, 5.74) is -0.537. The molecule has 0 spiro atoms. The zero-order valence-corrected chi connectivity index (χ0v) is 18.4. The van der Waals surface area contributed by atoms with Crippen molar-refractivity contribution in [2.24, 2.45) is 5.10 Å². The number of carbonyl (C=O) groups excluding carboxylic acids is 1. The molecule has 1 fully saturated rings. The van der Waals surface area contributed by atoms with Crippen LogP contribution in [0.3, 0.4) is 0 Å². The molecule has 0 bridgehead atoms. The van der Waals surface area contributed by atoms with Crippen LogP contribution in [0.5, 0.6) is 0 Å². The van der Waals surface area contributed by atoms with Gasteiger partial charge in [-0.2, -0.15) is 5.10 Å². The predicted octanol–water partition coefficient (Wildman–Crippen LogP) is 2.58. The number of hydrogen-bond donors (Lipinski definition) is 1. The number of rotatable bonds is 4. The molecular weight excluding hydrogens is 398 g/mol. The average molecular weight is 428 g/mol. The van der Waals surface area contributed by atoms with E-state index in [1.165, 1.54) is 15.6 Å². The first-order valence-electron chi connectivity index (χ1n) is 10.3. The number of nitrogens with one attached hydrogen (secondary N) is 1. The Morgan fingerprint density at radius 1 is 1.19 bits per heavy atom. The molecule has 1 amide bonds. The summed E-state index contributed by atoms with van der Waals surface area (Å²) in [7, 11) is 1.66. The molecule has 9 heteroatoms. The highest BCUT2D eigenvalue weighted by Gasteiger charge is 2.28. The summed E-state index contributed by atoms with van der Waals surface area (Å²) in [5.74, 6) is 0.310. The fourth-order valence-electron chi connectivity index (χ4n) is 3.40. The molecule has 0 unspecified atom stereocenters. The minimum absolute atomic E-state index is 0.276. The third kappa shape index (κ3) is 5.84. The molecule has 166 valence electrons. The summed E-state index contributed by atoms with van der Waals surface area (Å²) in [6.45, 7) is 6.31. The monoisotopic (exact) mass is 427 g/mol. The number of aromatic nitrogens is 2. The van der Waals surface area contributed by atoms with E-state index in [2.05, 4.69) is 10.1 Å². The number of hydrazone groups is 1. The number of likely N-dealkylation sites (tertiary alicyclic amines) is 1. The van der Waals surface area contributed by atoms with E-state index in [-0.39, 0.29) is 12.1 Å². The first-order chi connectivity index (χ1) is 14.6. The molecule has 1 aromatic carbocycles. The van der Waals surface area contributed by atoms with E-state index in [1.54, 1.807) is 18.2 Å². The van der Waals surface area contributed by atoms with Crippen LogP contribution in [0.2, 0.25) is 0 Å². The fourth-order valence-corrected chi connectivity index (χ4v) is 3.40. The van der Waals surface area contributed by atoms with E-state index in [0.29, 0.717) is 31.7 Å².